The molecule has 9 heteroatoms. The molecule has 1 aliphatic rings. The molecule has 208 valence electrons. The van der Waals surface area contributed by atoms with Crippen molar-refractivity contribution in [2.45, 2.75) is 26.2 Å². The predicted molar refractivity (Wildman–Crippen MR) is 163 cm³/mol. The Morgan fingerprint density at radius 2 is 1.65 bits per heavy atom. The second-order valence-corrected chi connectivity index (χ2v) is 16.0. The summed E-state index contributed by atoms with van der Waals surface area (Å²) in [6.07, 6.45) is 1.78. The third-order valence-corrected chi connectivity index (χ3v) is 8.99. The number of pyridine rings is 1. The van der Waals surface area contributed by atoms with E-state index in [1.165, 1.54) is 5.19 Å². The van der Waals surface area contributed by atoms with Crippen molar-refractivity contribution in [2.24, 2.45) is 0 Å². The second-order valence-electron chi connectivity index (χ2n) is 10.9. The van der Waals surface area contributed by atoms with Crippen molar-refractivity contribution >= 4 is 41.4 Å². The zero-order valence-electron chi connectivity index (χ0n) is 23.5. The minimum absolute atomic E-state index is 0.341. The first-order valence-corrected chi connectivity index (χ1v) is 17.0. The zero-order valence-corrected chi connectivity index (χ0v) is 24.5. The highest BCUT2D eigenvalue weighted by Gasteiger charge is 2.19. The van der Waals surface area contributed by atoms with E-state index in [1.807, 2.05) is 60.7 Å². The van der Waals surface area contributed by atoms with Crippen LogP contribution in [0.5, 0.6) is 17.2 Å². The number of hydrogen-bond donors (Lipinski definition) is 2. The minimum atomic E-state index is -1.57. The van der Waals surface area contributed by atoms with Crippen molar-refractivity contribution in [1.29, 1.82) is 0 Å². The van der Waals surface area contributed by atoms with Crippen LogP contribution >= 0.6 is 0 Å². The molecule has 1 aromatic heterocycles. The van der Waals surface area contributed by atoms with Gasteiger partial charge in [0, 0.05) is 42.7 Å². The molecule has 0 bridgehead atoms. The van der Waals surface area contributed by atoms with E-state index in [0.717, 1.165) is 55.1 Å². The molecule has 1 saturated heterocycles. The summed E-state index contributed by atoms with van der Waals surface area (Å²) < 4.78 is 17.3. The van der Waals surface area contributed by atoms with Gasteiger partial charge in [0.25, 0.3) is 0 Å². The number of benzene rings is 3. The number of fused-ring (bicyclic) bond motifs is 1. The Morgan fingerprint density at radius 1 is 0.925 bits per heavy atom. The Balaban J connectivity index is 1.34. The maximum absolute atomic E-state index is 13.1. The summed E-state index contributed by atoms with van der Waals surface area (Å²) in [6, 6.07) is 21.1. The van der Waals surface area contributed by atoms with E-state index < -0.39 is 8.07 Å². The highest BCUT2D eigenvalue weighted by molar-refractivity contribution is 6.88. The molecular formula is C31H36N4O4Si. The summed E-state index contributed by atoms with van der Waals surface area (Å²) in [5.41, 5.74) is 2.28. The van der Waals surface area contributed by atoms with Crippen molar-refractivity contribution in [3.8, 4) is 17.2 Å². The van der Waals surface area contributed by atoms with Crippen LogP contribution in [-0.2, 0) is 11.3 Å². The number of amides is 2. The van der Waals surface area contributed by atoms with Crippen molar-refractivity contribution < 1.29 is 19.0 Å². The summed E-state index contributed by atoms with van der Waals surface area (Å²) >= 11 is 0. The fraction of sp³-hybridized carbons (Fsp3) is 0.290. The smallest absolute Gasteiger partial charge is 0.323 e. The lowest BCUT2D eigenvalue weighted by Crippen LogP contribution is -2.37. The van der Waals surface area contributed by atoms with Crippen LogP contribution in [0, 0.1) is 0 Å². The van der Waals surface area contributed by atoms with Gasteiger partial charge in [0.1, 0.15) is 17.2 Å². The number of morpholine rings is 1. The molecule has 0 spiro atoms. The van der Waals surface area contributed by atoms with Crippen LogP contribution in [0.25, 0.3) is 10.8 Å². The van der Waals surface area contributed by atoms with Gasteiger partial charge in [-0.25, -0.2) is 4.79 Å². The van der Waals surface area contributed by atoms with E-state index in [9.17, 15) is 4.79 Å². The third kappa shape index (κ3) is 6.61. The molecule has 0 saturated carbocycles. The van der Waals surface area contributed by atoms with Gasteiger partial charge in [-0.2, -0.15) is 0 Å². The van der Waals surface area contributed by atoms with Gasteiger partial charge in [-0.15, -0.1) is 0 Å². The number of nitrogens with zero attached hydrogens (tertiary/aromatic N) is 2. The van der Waals surface area contributed by atoms with Gasteiger partial charge in [-0.05, 0) is 30.3 Å². The molecule has 2 amide bonds. The molecule has 8 nitrogen and oxygen atoms in total. The van der Waals surface area contributed by atoms with Crippen molar-refractivity contribution in [3.63, 3.8) is 0 Å². The van der Waals surface area contributed by atoms with Crippen molar-refractivity contribution in [3.05, 3.63) is 78.6 Å². The number of aromatic nitrogens is 1. The van der Waals surface area contributed by atoms with Crippen LogP contribution in [0.3, 0.4) is 0 Å². The summed E-state index contributed by atoms with van der Waals surface area (Å²) in [4.78, 5) is 20.0. The Bertz CT molecular complexity index is 1500. The lowest BCUT2D eigenvalue weighted by atomic mass is 10.1. The van der Waals surface area contributed by atoms with Crippen LogP contribution in [0.4, 0.5) is 16.2 Å². The number of carbonyl (C=O) groups is 1. The molecule has 4 aromatic rings. The first kappa shape index (κ1) is 27.6. The van der Waals surface area contributed by atoms with Crippen LogP contribution in [0.2, 0.25) is 19.6 Å². The van der Waals surface area contributed by atoms with E-state index >= 15 is 0 Å². The standard InChI is InChI=1S/C31H36N4O4Si/c1-37-30-11-9-24(40(2,3)4)20-28(30)34-31(36)33-27-10-12-29(26-8-6-5-7-25(26)27)39-23-13-14-32-22(19-23)21-35-15-17-38-18-16-35/h5-14,19-20H,15-18,21H2,1-4H3,(H2,33,34,36). The average molecular weight is 557 g/mol. The van der Waals surface area contributed by atoms with Crippen molar-refractivity contribution in [2.75, 3.05) is 44.0 Å². The molecule has 0 unspecified atom stereocenters. The van der Waals surface area contributed by atoms with E-state index in [1.54, 1.807) is 13.3 Å². The van der Waals surface area contributed by atoms with Crippen LogP contribution < -0.4 is 25.3 Å². The van der Waals surface area contributed by atoms with Gasteiger partial charge in [0.05, 0.1) is 45.5 Å². The number of methoxy groups -OCH3 is 1. The van der Waals surface area contributed by atoms with E-state index in [0.29, 0.717) is 22.9 Å². The molecule has 2 N–H and O–H groups in total. The molecule has 5 rings (SSSR count). The highest BCUT2D eigenvalue weighted by atomic mass is 28.3. The van der Waals surface area contributed by atoms with Gasteiger partial charge in [0.15, 0.2) is 0 Å². The van der Waals surface area contributed by atoms with Gasteiger partial charge >= 0.3 is 6.03 Å². The molecule has 0 atom stereocenters. The molecule has 40 heavy (non-hydrogen) atoms. The Morgan fingerprint density at radius 3 is 2.40 bits per heavy atom. The monoisotopic (exact) mass is 556 g/mol. The maximum atomic E-state index is 13.1. The fourth-order valence-corrected chi connectivity index (χ4v) is 5.90. The Hall–Kier alpha value is -3.92. The topological polar surface area (TPSA) is 85.0 Å². The average Bonchev–Trinajstić information content (AvgIpc) is 2.94. The third-order valence-electron chi connectivity index (χ3n) is 6.95. The number of rotatable bonds is 8. The van der Waals surface area contributed by atoms with Gasteiger partial charge in [-0.3, -0.25) is 9.88 Å². The number of ether oxygens (including phenoxy) is 3. The molecular weight excluding hydrogens is 520 g/mol. The van der Waals surface area contributed by atoms with E-state index in [4.69, 9.17) is 14.2 Å². The lowest BCUT2D eigenvalue weighted by Gasteiger charge is -2.26. The largest absolute Gasteiger partial charge is 0.495 e. The normalized spacial score (nSPS) is 14.1. The molecule has 0 aliphatic carbocycles. The number of anilines is 2. The number of nitrogens with one attached hydrogen (secondary N) is 2. The first-order valence-electron chi connectivity index (χ1n) is 13.5. The molecule has 1 aliphatic heterocycles. The Labute approximate surface area is 236 Å². The summed E-state index contributed by atoms with van der Waals surface area (Å²) in [6.45, 7) is 10.9. The van der Waals surface area contributed by atoms with E-state index in [2.05, 4.69) is 46.2 Å². The van der Waals surface area contributed by atoms with E-state index in [-0.39, 0.29) is 6.03 Å². The van der Waals surface area contributed by atoms with Crippen LogP contribution in [0.15, 0.2) is 72.9 Å². The second kappa shape index (κ2) is 12.1. The SMILES string of the molecule is COc1ccc([Si](C)(C)C)cc1NC(=O)Nc1ccc(Oc2ccnc(CN3CCOCC3)c2)c2ccccc12. The van der Waals surface area contributed by atoms with Crippen LogP contribution in [0.1, 0.15) is 5.69 Å². The quantitative estimate of drug-likeness (QED) is 0.257. The van der Waals surface area contributed by atoms with Crippen molar-refractivity contribution in [1.82, 2.24) is 9.88 Å². The van der Waals surface area contributed by atoms with Crippen LogP contribution in [-0.4, -0.2) is 57.4 Å². The number of urea groups is 1. The summed E-state index contributed by atoms with van der Waals surface area (Å²) in [5.74, 6) is 2.04. The summed E-state index contributed by atoms with van der Waals surface area (Å²) in [5, 5.41) is 9.00. The van der Waals surface area contributed by atoms with Gasteiger partial charge in [0.2, 0.25) is 0 Å². The minimum Gasteiger partial charge on any atom is -0.495 e. The Kier molecular flexibility index (Phi) is 8.34. The zero-order chi connectivity index (χ0) is 28.1. The molecule has 3 aromatic carbocycles. The van der Waals surface area contributed by atoms with Gasteiger partial charge in [-0.1, -0.05) is 55.2 Å². The molecule has 1 fully saturated rings. The molecule has 0 radical (unpaired) electrons. The fourth-order valence-electron chi connectivity index (χ4n) is 4.74. The predicted octanol–water partition coefficient (Wildman–Crippen LogP) is 6.06. The molecule has 2 heterocycles. The number of carbonyl (C=O) groups excluding carboxylic acids is 1. The number of hydrogen-bond acceptors (Lipinski definition) is 6. The highest BCUT2D eigenvalue weighted by Crippen LogP contribution is 2.35. The first-order chi connectivity index (χ1) is 19.3. The summed E-state index contributed by atoms with van der Waals surface area (Å²) in [7, 11) is 0.0363. The maximum Gasteiger partial charge on any atom is 0.323 e. The lowest BCUT2D eigenvalue weighted by molar-refractivity contribution is 0.0336. The van der Waals surface area contributed by atoms with Gasteiger partial charge < -0.3 is 24.8 Å².